The van der Waals surface area contributed by atoms with Crippen molar-refractivity contribution >= 4 is 45.3 Å². The van der Waals surface area contributed by atoms with E-state index in [1.165, 1.54) is 195 Å². The highest BCUT2D eigenvalue weighted by Gasteiger charge is 2.35. The maximum Gasteiger partial charge on any atom is 0.329 e. The van der Waals surface area contributed by atoms with Crippen molar-refractivity contribution in [1.82, 2.24) is 4.90 Å². The molecule has 8 nitrogen and oxygen atoms in total. The molecule has 2 amide bonds. The number of hydrogen-bond donors (Lipinski definition) is 1. The zero-order chi connectivity index (χ0) is 39.9. The summed E-state index contributed by atoms with van der Waals surface area (Å²) < 4.78 is 9.78. The Hall–Kier alpha value is -1.26. The Bertz CT molecular complexity index is 862. The van der Waals surface area contributed by atoms with Gasteiger partial charge in [-0.2, -0.15) is 0 Å². The highest BCUT2D eigenvalue weighted by atomic mass is 33.1. The van der Waals surface area contributed by atoms with Gasteiger partial charge in [-0.25, -0.2) is 4.79 Å². The molecular formula is C44H84N2O6S2. The first kappa shape index (κ1) is 52.7. The van der Waals surface area contributed by atoms with Crippen LogP contribution in [-0.4, -0.2) is 66.5 Å². The molecule has 318 valence electrons. The van der Waals surface area contributed by atoms with Crippen molar-refractivity contribution in [2.75, 3.05) is 25.7 Å². The number of imide groups is 1. The predicted octanol–water partition coefficient (Wildman–Crippen LogP) is 12.3. The maximum atomic E-state index is 13.6. The van der Waals surface area contributed by atoms with Gasteiger partial charge in [0.25, 0.3) is 0 Å². The lowest BCUT2D eigenvalue weighted by Crippen LogP contribution is -2.50. The summed E-state index contributed by atoms with van der Waals surface area (Å²) in [5, 5.41) is 0. The highest BCUT2D eigenvalue weighted by Crippen LogP contribution is 2.26. The van der Waals surface area contributed by atoms with E-state index in [1.807, 2.05) is 0 Å². The van der Waals surface area contributed by atoms with Crippen molar-refractivity contribution in [3.8, 4) is 0 Å². The van der Waals surface area contributed by atoms with Gasteiger partial charge in [0.15, 0.2) is 0 Å². The fourth-order valence-corrected chi connectivity index (χ4v) is 9.15. The molecule has 0 fully saturated rings. The SMILES string of the molecule is CCCCCCCCCCCCCCCCCC(=O)N(C(=O)CCCCCCCCCCCCCCCCC)[C@@H](CSSCC(N)C(=O)OC)C(=O)OC. The molecule has 0 aliphatic rings. The van der Waals surface area contributed by atoms with Crippen LogP contribution >= 0.6 is 21.6 Å². The number of rotatable bonds is 40. The Morgan fingerprint density at radius 2 is 0.722 bits per heavy atom. The molecule has 0 spiro atoms. The van der Waals surface area contributed by atoms with Gasteiger partial charge in [0.05, 0.1) is 14.2 Å². The van der Waals surface area contributed by atoms with Crippen LogP contribution in [0.25, 0.3) is 0 Å². The summed E-state index contributed by atoms with van der Waals surface area (Å²) in [7, 11) is 5.20. The third kappa shape index (κ3) is 30.9. The summed E-state index contributed by atoms with van der Waals surface area (Å²) >= 11 is 0. The molecule has 0 saturated heterocycles. The number of unbranched alkanes of at least 4 members (excludes halogenated alkanes) is 28. The first-order valence-electron chi connectivity index (χ1n) is 22.3. The molecule has 0 rings (SSSR count). The Morgan fingerprint density at radius 3 is 1.02 bits per heavy atom. The second kappa shape index (κ2) is 40.0. The Labute approximate surface area is 340 Å². The van der Waals surface area contributed by atoms with Gasteiger partial charge in [0.2, 0.25) is 11.8 Å². The molecule has 0 heterocycles. The van der Waals surface area contributed by atoms with E-state index in [1.54, 1.807) is 0 Å². The van der Waals surface area contributed by atoms with Crippen LogP contribution in [0.1, 0.15) is 219 Å². The number of carbonyl (C=O) groups is 4. The number of methoxy groups -OCH3 is 2. The van der Waals surface area contributed by atoms with E-state index in [0.29, 0.717) is 12.8 Å². The summed E-state index contributed by atoms with van der Waals surface area (Å²) in [4.78, 5) is 53.1. The fourth-order valence-electron chi connectivity index (χ4n) is 6.86. The molecule has 0 saturated carbocycles. The lowest BCUT2D eigenvalue weighted by atomic mass is 10.0. The largest absolute Gasteiger partial charge is 0.468 e. The highest BCUT2D eigenvalue weighted by molar-refractivity contribution is 8.76. The second-order valence-electron chi connectivity index (χ2n) is 15.3. The number of nitrogens with two attached hydrogens (primary N) is 1. The van der Waals surface area contributed by atoms with Crippen molar-refractivity contribution in [1.29, 1.82) is 0 Å². The smallest absolute Gasteiger partial charge is 0.329 e. The molecule has 0 aromatic carbocycles. The third-order valence-electron chi connectivity index (χ3n) is 10.4. The molecule has 10 heteroatoms. The lowest BCUT2D eigenvalue weighted by Gasteiger charge is -2.28. The molecule has 0 radical (unpaired) electrons. The number of carbonyl (C=O) groups excluding carboxylic acids is 4. The summed E-state index contributed by atoms with van der Waals surface area (Å²) in [6, 6.07) is -1.81. The van der Waals surface area contributed by atoms with E-state index < -0.39 is 24.0 Å². The first-order valence-corrected chi connectivity index (χ1v) is 24.8. The van der Waals surface area contributed by atoms with E-state index in [9.17, 15) is 19.2 Å². The molecule has 54 heavy (non-hydrogen) atoms. The quantitative estimate of drug-likeness (QED) is 0.0367. The molecule has 0 aromatic rings. The molecule has 1 unspecified atom stereocenters. The molecule has 0 aliphatic carbocycles. The average Bonchev–Trinajstić information content (AvgIpc) is 3.17. The Kier molecular flexibility index (Phi) is 39.0. The van der Waals surface area contributed by atoms with Crippen LogP contribution in [0.5, 0.6) is 0 Å². The Balaban J connectivity index is 4.71. The first-order chi connectivity index (χ1) is 26.3. The summed E-state index contributed by atoms with van der Waals surface area (Å²) in [6.45, 7) is 4.53. The van der Waals surface area contributed by atoms with Crippen molar-refractivity contribution in [2.24, 2.45) is 5.73 Å². The van der Waals surface area contributed by atoms with Gasteiger partial charge in [-0.3, -0.25) is 19.3 Å². The van der Waals surface area contributed by atoms with E-state index in [2.05, 4.69) is 13.8 Å². The van der Waals surface area contributed by atoms with Gasteiger partial charge >= 0.3 is 11.9 Å². The van der Waals surface area contributed by atoms with Gasteiger partial charge in [0, 0.05) is 24.3 Å². The molecule has 0 aromatic heterocycles. The van der Waals surface area contributed by atoms with E-state index in [4.69, 9.17) is 15.2 Å². The average molecular weight is 801 g/mol. The Morgan fingerprint density at radius 1 is 0.444 bits per heavy atom. The number of nitrogens with zero attached hydrogens (tertiary/aromatic N) is 1. The number of hydrogen-bond acceptors (Lipinski definition) is 9. The van der Waals surface area contributed by atoms with Crippen molar-refractivity contribution in [3.05, 3.63) is 0 Å². The zero-order valence-corrected chi connectivity index (χ0v) is 37.1. The van der Waals surface area contributed by atoms with Crippen LogP contribution < -0.4 is 5.73 Å². The molecule has 2 N–H and O–H groups in total. The molecule has 0 aliphatic heterocycles. The van der Waals surface area contributed by atoms with E-state index >= 15 is 0 Å². The number of ether oxygens (including phenoxy) is 2. The van der Waals surface area contributed by atoms with Crippen LogP contribution in [0.4, 0.5) is 0 Å². The standard InChI is InChI=1S/C44H84N2O6S2/c1-5-7-9-11-13-15-17-19-21-23-25-27-29-31-33-35-41(47)46(40(44(50)52-4)38-54-53-37-39(45)43(49)51-3)42(48)36-34-32-30-28-26-24-22-20-18-16-14-12-10-8-6-2/h39-40H,5-38,45H2,1-4H3/t39?,40-/m0/s1. The zero-order valence-electron chi connectivity index (χ0n) is 35.5. The van der Waals surface area contributed by atoms with Crippen LogP contribution in [0.15, 0.2) is 0 Å². The van der Waals surface area contributed by atoms with Crippen LogP contribution in [0.3, 0.4) is 0 Å². The third-order valence-corrected chi connectivity index (χ3v) is 12.8. The molecule has 0 bridgehead atoms. The van der Waals surface area contributed by atoms with E-state index in [0.717, 1.165) is 25.7 Å². The summed E-state index contributed by atoms with van der Waals surface area (Å²) in [6.07, 6.45) is 37.6. The number of amides is 2. The van der Waals surface area contributed by atoms with Gasteiger partial charge in [-0.15, -0.1) is 0 Å². The molecular weight excluding hydrogens is 717 g/mol. The summed E-state index contributed by atoms with van der Waals surface area (Å²) in [5.41, 5.74) is 5.86. The van der Waals surface area contributed by atoms with E-state index in [-0.39, 0.29) is 36.2 Å². The van der Waals surface area contributed by atoms with Gasteiger partial charge < -0.3 is 15.2 Å². The molecule has 2 atom stereocenters. The van der Waals surface area contributed by atoms with Crippen molar-refractivity contribution < 1.29 is 28.7 Å². The van der Waals surface area contributed by atoms with Gasteiger partial charge in [-0.05, 0) is 12.8 Å². The van der Waals surface area contributed by atoms with Gasteiger partial charge in [-0.1, -0.05) is 215 Å². The maximum absolute atomic E-state index is 13.6. The topological polar surface area (TPSA) is 116 Å². The fraction of sp³-hybridized carbons (Fsp3) is 0.909. The van der Waals surface area contributed by atoms with Crippen LogP contribution in [0.2, 0.25) is 0 Å². The van der Waals surface area contributed by atoms with Crippen LogP contribution in [-0.2, 0) is 28.7 Å². The van der Waals surface area contributed by atoms with Crippen molar-refractivity contribution in [3.63, 3.8) is 0 Å². The minimum absolute atomic E-state index is 0.167. The second-order valence-corrected chi connectivity index (χ2v) is 17.8. The monoisotopic (exact) mass is 801 g/mol. The lowest BCUT2D eigenvalue weighted by molar-refractivity contribution is -0.158. The van der Waals surface area contributed by atoms with Crippen molar-refractivity contribution in [2.45, 2.75) is 231 Å². The minimum Gasteiger partial charge on any atom is -0.468 e. The summed E-state index contributed by atoms with van der Waals surface area (Å²) in [5.74, 6) is -1.27. The minimum atomic E-state index is -1.02. The number of esters is 2. The van der Waals surface area contributed by atoms with Gasteiger partial charge in [0.1, 0.15) is 12.1 Å². The predicted molar refractivity (Wildman–Crippen MR) is 232 cm³/mol. The van der Waals surface area contributed by atoms with Crippen LogP contribution in [0, 0.1) is 0 Å². The normalized spacial score (nSPS) is 12.4.